The van der Waals surface area contributed by atoms with Crippen molar-refractivity contribution in [3.8, 4) is 24.0 Å². The standard InChI is InChI=1S/C17H17N3O3/c1-4-5-14(21)15-16(18-11-19-17(15)22)20(2)10-12-6-8-13(23-3)9-7-12/h1,6-9,11H,5,10H2,2-3H3,(H,18,19,22). The van der Waals surface area contributed by atoms with Crippen LogP contribution in [0.25, 0.3) is 0 Å². The lowest BCUT2D eigenvalue weighted by Crippen LogP contribution is -2.21. The Bertz CT molecular complexity index is 736. The number of benzene rings is 1. The Morgan fingerprint density at radius 2 is 2.04 bits per heavy atom. The largest absolute Gasteiger partial charge is 0.497 e. The fourth-order valence-electron chi connectivity index (χ4n) is 2.17. The Labute approximate surface area is 134 Å². The van der Waals surface area contributed by atoms with Gasteiger partial charge in [-0.25, -0.2) is 9.97 Å². The minimum atomic E-state index is -0.387. The number of ether oxygens (including phenoxy) is 1. The summed E-state index contributed by atoms with van der Waals surface area (Å²) in [6.07, 6.45) is 6.26. The van der Waals surface area contributed by atoms with Gasteiger partial charge >= 0.3 is 0 Å². The number of Topliss-reactive ketones (excluding diaryl/α,β-unsaturated/α-hetero) is 1. The lowest BCUT2D eigenvalue weighted by molar-refractivity contribution is 0.0995. The molecule has 0 bridgehead atoms. The first-order valence-electron chi connectivity index (χ1n) is 6.91. The zero-order valence-corrected chi connectivity index (χ0v) is 13.0. The van der Waals surface area contributed by atoms with Crippen molar-refractivity contribution in [3.05, 3.63) is 41.7 Å². The van der Waals surface area contributed by atoms with Gasteiger partial charge in [-0.3, -0.25) is 4.79 Å². The van der Waals surface area contributed by atoms with Crippen molar-refractivity contribution < 1.29 is 14.6 Å². The first kappa shape index (κ1) is 16.3. The number of nitrogens with zero attached hydrogens (tertiary/aromatic N) is 3. The second-order valence-electron chi connectivity index (χ2n) is 4.90. The maximum atomic E-state index is 12.1. The fourth-order valence-corrected chi connectivity index (χ4v) is 2.17. The van der Waals surface area contributed by atoms with E-state index in [0.717, 1.165) is 11.3 Å². The van der Waals surface area contributed by atoms with Crippen LogP contribution < -0.4 is 9.64 Å². The smallest absolute Gasteiger partial charge is 0.227 e. The molecule has 23 heavy (non-hydrogen) atoms. The molecule has 2 aromatic rings. The number of hydrogen-bond acceptors (Lipinski definition) is 6. The monoisotopic (exact) mass is 311 g/mol. The molecule has 0 spiro atoms. The van der Waals surface area contributed by atoms with Crippen molar-refractivity contribution >= 4 is 11.6 Å². The topological polar surface area (TPSA) is 75.5 Å². The molecule has 0 saturated carbocycles. The number of aromatic hydroxyl groups is 1. The number of carbonyl (C=O) groups excluding carboxylic acids is 1. The minimum absolute atomic E-state index is 0.0430. The van der Waals surface area contributed by atoms with E-state index in [1.165, 1.54) is 6.33 Å². The van der Waals surface area contributed by atoms with Crippen molar-refractivity contribution in [2.45, 2.75) is 13.0 Å². The quantitative estimate of drug-likeness (QED) is 0.650. The molecule has 0 unspecified atom stereocenters. The number of anilines is 1. The summed E-state index contributed by atoms with van der Waals surface area (Å²) >= 11 is 0. The summed E-state index contributed by atoms with van der Waals surface area (Å²) in [6.45, 7) is 0.497. The third-order valence-corrected chi connectivity index (χ3v) is 3.29. The first-order chi connectivity index (χ1) is 11.1. The summed E-state index contributed by atoms with van der Waals surface area (Å²) in [7, 11) is 3.38. The molecule has 0 aliphatic heterocycles. The maximum absolute atomic E-state index is 12.1. The Hall–Kier alpha value is -3.07. The average molecular weight is 311 g/mol. The van der Waals surface area contributed by atoms with Crippen LogP contribution in [-0.4, -0.2) is 35.0 Å². The number of aromatic nitrogens is 2. The van der Waals surface area contributed by atoms with Gasteiger partial charge in [-0.05, 0) is 17.7 Å². The molecule has 6 heteroatoms. The van der Waals surface area contributed by atoms with E-state index < -0.39 is 0 Å². The molecular formula is C17H17N3O3. The van der Waals surface area contributed by atoms with E-state index in [1.807, 2.05) is 24.3 Å². The molecule has 0 atom stereocenters. The molecule has 0 radical (unpaired) electrons. The van der Waals surface area contributed by atoms with Crippen molar-refractivity contribution in [2.24, 2.45) is 0 Å². The highest BCUT2D eigenvalue weighted by Gasteiger charge is 2.20. The normalized spacial score (nSPS) is 9.96. The third kappa shape index (κ3) is 3.77. The first-order valence-corrected chi connectivity index (χ1v) is 6.91. The van der Waals surface area contributed by atoms with E-state index in [4.69, 9.17) is 11.2 Å². The summed E-state index contributed by atoms with van der Waals surface area (Å²) in [4.78, 5) is 21.6. The van der Waals surface area contributed by atoms with Crippen LogP contribution in [0.4, 0.5) is 5.82 Å². The van der Waals surface area contributed by atoms with Gasteiger partial charge in [0.25, 0.3) is 0 Å². The maximum Gasteiger partial charge on any atom is 0.227 e. The molecule has 1 aromatic heterocycles. The van der Waals surface area contributed by atoms with Crippen LogP contribution in [0.15, 0.2) is 30.6 Å². The van der Waals surface area contributed by atoms with E-state index in [0.29, 0.717) is 12.4 Å². The number of carbonyl (C=O) groups is 1. The molecule has 6 nitrogen and oxygen atoms in total. The highest BCUT2D eigenvalue weighted by atomic mass is 16.5. The predicted octanol–water partition coefficient (Wildman–Crippen LogP) is 2.03. The van der Waals surface area contributed by atoms with E-state index >= 15 is 0 Å². The molecule has 0 fully saturated rings. The molecule has 118 valence electrons. The molecule has 0 amide bonds. The summed E-state index contributed by atoms with van der Waals surface area (Å²) in [5, 5.41) is 9.89. The molecule has 0 saturated heterocycles. The van der Waals surface area contributed by atoms with Crippen molar-refractivity contribution in [1.29, 1.82) is 0 Å². The van der Waals surface area contributed by atoms with Gasteiger partial charge in [0.05, 0.1) is 13.5 Å². The molecule has 0 aliphatic rings. The minimum Gasteiger partial charge on any atom is -0.497 e. The Kier molecular flexibility index (Phi) is 5.15. The molecule has 1 N–H and O–H groups in total. The molecule has 1 aromatic carbocycles. The Morgan fingerprint density at radius 1 is 1.35 bits per heavy atom. The van der Waals surface area contributed by atoms with Gasteiger partial charge < -0.3 is 14.7 Å². The van der Waals surface area contributed by atoms with Crippen LogP contribution >= 0.6 is 0 Å². The molecule has 2 rings (SSSR count). The number of terminal acetylenes is 1. The fraction of sp³-hybridized carbons (Fsp3) is 0.235. The van der Waals surface area contributed by atoms with Crippen molar-refractivity contribution in [2.75, 3.05) is 19.1 Å². The highest BCUT2D eigenvalue weighted by Crippen LogP contribution is 2.26. The van der Waals surface area contributed by atoms with Crippen LogP contribution in [0.1, 0.15) is 22.3 Å². The SMILES string of the molecule is C#CCC(=O)c1c(O)ncnc1N(C)Cc1ccc(OC)cc1. The summed E-state index contributed by atoms with van der Waals surface area (Å²) in [6, 6.07) is 7.54. The van der Waals surface area contributed by atoms with Gasteiger partial charge in [0.2, 0.25) is 5.88 Å². The van der Waals surface area contributed by atoms with E-state index in [2.05, 4.69) is 15.9 Å². The van der Waals surface area contributed by atoms with Crippen molar-refractivity contribution in [1.82, 2.24) is 9.97 Å². The van der Waals surface area contributed by atoms with Crippen LogP contribution in [0.3, 0.4) is 0 Å². The van der Waals surface area contributed by atoms with Gasteiger partial charge in [-0.15, -0.1) is 6.42 Å². The van der Waals surface area contributed by atoms with Gasteiger partial charge in [-0.1, -0.05) is 18.1 Å². The van der Waals surface area contributed by atoms with Gasteiger partial charge in [0.1, 0.15) is 23.5 Å². The number of ketones is 1. The zero-order chi connectivity index (χ0) is 16.8. The molecular weight excluding hydrogens is 294 g/mol. The average Bonchev–Trinajstić information content (AvgIpc) is 2.55. The number of hydrogen-bond donors (Lipinski definition) is 1. The van der Waals surface area contributed by atoms with Crippen LogP contribution in [-0.2, 0) is 6.54 Å². The van der Waals surface area contributed by atoms with E-state index in [-0.39, 0.29) is 23.6 Å². The van der Waals surface area contributed by atoms with Crippen LogP contribution in [0.5, 0.6) is 11.6 Å². The van der Waals surface area contributed by atoms with Crippen LogP contribution in [0.2, 0.25) is 0 Å². The van der Waals surface area contributed by atoms with E-state index in [1.54, 1.807) is 19.1 Å². The summed E-state index contributed by atoms with van der Waals surface area (Å²) < 4.78 is 5.12. The molecule has 0 aliphatic carbocycles. The lowest BCUT2D eigenvalue weighted by atomic mass is 10.1. The van der Waals surface area contributed by atoms with Gasteiger partial charge in [0.15, 0.2) is 5.78 Å². The summed E-state index contributed by atoms with van der Waals surface area (Å²) in [5.74, 6) is 2.63. The number of methoxy groups -OCH3 is 1. The molecule has 1 heterocycles. The second-order valence-corrected chi connectivity index (χ2v) is 4.90. The van der Waals surface area contributed by atoms with E-state index in [9.17, 15) is 9.90 Å². The van der Waals surface area contributed by atoms with Crippen molar-refractivity contribution in [3.63, 3.8) is 0 Å². The third-order valence-electron chi connectivity index (χ3n) is 3.29. The second kappa shape index (κ2) is 7.27. The highest BCUT2D eigenvalue weighted by molar-refractivity contribution is 6.03. The van der Waals surface area contributed by atoms with Crippen LogP contribution in [0, 0.1) is 12.3 Å². The lowest BCUT2D eigenvalue weighted by Gasteiger charge is -2.20. The Morgan fingerprint density at radius 3 is 2.65 bits per heavy atom. The zero-order valence-electron chi connectivity index (χ0n) is 13.0. The number of rotatable bonds is 6. The predicted molar refractivity (Wildman–Crippen MR) is 86.6 cm³/mol. The Balaban J connectivity index is 2.28. The van der Waals surface area contributed by atoms with Gasteiger partial charge in [-0.2, -0.15) is 0 Å². The summed E-state index contributed by atoms with van der Waals surface area (Å²) in [5.41, 5.74) is 1.04. The van der Waals surface area contributed by atoms with Gasteiger partial charge in [0, 0.05) is 13.6 Å².